The fraction of sp³-hybridized carbons (Fsp3) is 0.267. The van der Waals surface area contributed by atoms with Crippen LogP contribution in [0.5, 0.6) is 0 Å². The summed E-state index contributed by atoms with van der Waals surface area (Å²) < 4.78 is 1.99. The van der Waals surface area contributed by atoms with Crippen LogP contribution in [0.2, 0.25) is 0 Å². The monoisotopic (exact) mass is 258 g/mol. The smallest absolute Gasteiger partial charge is 0.224 e. The molecule has 0 unspecified atom stereocenters. The predicted molar refractivity (Wildman–Crippen MR) is 75.3 cm³/mol. The number of rotatable bonds is 6. The van der Waals surface area contributed by atoms with E-state index in [-0.39, 0.29) is 12.5 Å². The van der Waals surface area contributed by atoms with Crippen LogP contribution in [-0.2, 0) is 4.79 Å². The second-order valence-corrected chi connectivity index (χ2v) is 4.37. The third kappa shape index (κ3) is 3.96. The lowest BCUT2D eigenvalue weighted by atomic mass is 10.2. The van der Waals surface area contributed by atoms with Gasteiger partial charge in [0, 0.05) is 36.8 Å². The van der Waals surface area contributed by atoms with Crippen molar-refractivity contribution in [2.24, 2.45) is 0 Å². The summed E-state index contributed by atoms with van der Waals surface area (Å²) in [5.41, 5.74) is 1.80. The Morgan fingerprint density at radius 2 is 1.95 bits per heavy atom. The van der Waals surface area contributed by atoms with Crippen molar-refractivity contribution in [2.45, 2.75) is 19.3 Å². The second kappa shape index (κ2) is 6.75. The largest absolute Gasteiger partial charge is 0.396 e. The summed E-state index contributed by atoms with van der Waals surface area (Å²) in [6.45, 7) is 0.135. The molecule has 2 N–H and O–H groups in total. The lowest BCUT2D eigenvalue weighted by Gasteiger charge is -2.08. The van der Waals surface area contributed by atoms with Crippen LogP contribution >= 0.6 is 0 Å². The van der Waals surface area contributed by atoms with Crippen molar-refractivity contribution in [3.05, 3.63) is 48.8 Å². The Bertz CT molecular complexity index is 521. The second-order valence-electron chi connectivity index (χ2n) is 4.37. The van der Waals surface area contributed by atoms with Crippen molar-refractivity contribution < 1.29 is 9.90 Å². The number of nitrogens with zero attached hydrogens (tertiary/aromatic N) is 1. The minimum Gasteiger partial charge on any atom is -0.396 e. The molecule has 1 amide bonds. The number of hydrogen-bond acceptors (Lipinski definition) is 2. The first-order chi connectivity index (χ1) is 9.29. The Balaban J connectivity index is 1.97. The molecular formula is C15H18N2O2. The molecule has 0 bridgehead atoms. The van der Waals surface area contributed by atoms with Crippen molar-refractivity contribution in [2.75, 3.05) is 11.9 Å². The van der Waals surface area contributed by atoms with E-state index in [0.717, 1.165) is 11.4 Å². The Morgan fingerprint density at radius 1 is 1.16 bits per heavy atom. The van der Waals surface area contributed by atoms with Gasteiger partial charge in [0.25, 0.3) is 0 Å². The molecular weight excluding hydrogens is 240 g/mol. The zero-order chi connectivity index (χ0) is 13.5. The van der Waals surface area contributed by atoms with Crippen LogP contribution in [0, 0.1) is 0 Å². The van der Waals surface area contributed by atoms with Gasteiger partial charge in [0.15, 0.2) is 0 Å². The van der Waals surface area contributed by atoms with E-state index in [1.54, 1.807) is 0 Å². The van der Waals surface area contributed by atoms with Gasteiger partial charge in [-0.05, 0) is 43.2 Å². The molecule has 4 heteroatoms. The maximum atomic E-state index is 11.7. The molecule has 0 fully saturated rings. The first-order valence-corrected chi connectivity index (χ1v) is 6.44. The third-order valence-electron chi connectivity index (χ3n) is 2.84. The first-order valence-electron chi connectivity index (χ1n) is 6.44. The maximum Gasteiger partial charge on any atom is 0.224 e. The Morgan fingerprint density at radius 3 is 2.68 bits per heavy atom. The minimum absolute atomic E-state index is 0.0156. The highest BCUT2D eigenvalue weighted by Gasteiger charge is 2.03. The van der Waals surface area contributed by atoms with Crippen molar-refractivity contribution in [3.8, 4) is 5.69 Å². The summed E-state index contributed by atoms with van der Waals surface area (Å²) in [7, 11) is 0. The lowest BCUT2D eigenvalue weighted by molar-refractivity contribution is -0.116. The van der Waals surface area contributed by atoms with E-state index in [9.17, 15) is 4.79 Å². The number of carbonyl (C=O) groups excluding carboxylic acids is 1. The number of amides is 1. The number of aromatic nitrogens is 1. The molecule has 1 heterocycles. The molecule has 2 aromatic rings. The molecule has 0 saturated carbocycles. The number of carbonyl (C=O) groups is 1. The highest BCUT2D eigenvalue weighted by molar-refractivity contribution is 5.90. The summed E-state index contributed by atoms with van der Waals surface area (Å²) in [6, 6.07) is 11.6. The van der Waals surface area contributed by atoms with Gasteiger partial charge < -0.3 is 15.0 Å². The fourth-order valence-corrected chi connectivity index (χ4v) is 1.87. The summed E-state index contributed by atoms with van der Waals surface area (Å²) in [4.78, 5) is 11.7. The Labute approximate surface area is 112 Å². The summed E-state index contributed by atoms with van der Waals surface area (Å²) in [5.74, 6) is -0.0156. The fourth-order valence-electron chi connectivity index (χ4n) is 1.87. The van der Waals surface area contributed by atoms with E-state index in [0.29, 0.717) is 19.3 Å². The van der Waals surface area contributed by atoms with E-state index in [1.807, 2.05) is 53.4 Å². The number of aliphatic hydroxyl groups excluding tert-OH is 1. The van der Waals surface area contributed by atoms with E-state index in [4.69, 9.17) is 5.11 Å². The summed E-state index contributed by atoms with van der Waals surface area (Å²) in [6.07, 6.45) is 5.73. The number of anilines is 1. The van der Waals surface area contributed by atoms with Crippen molar-refractivity contribution in [1.29, 1.82) is 0 Å². The summed E-state index contributed by atoms with van der Waals surface area (Å²) in [5, 5.41) is 11.5. The van der Waals surface area contributed by atoms with Gasteiger partial charge in [-0.25, -0.2) is 0 Å². The average molecular weight is 258 g/mol. The van der Waals surface area contributed by atoms with Crippen LogP contribution < -0.4 is 5.32 Å². The van der Waals surface area contributed by atoms with E-state index in [2.05, 4.69) is 5.32 Å². The number of aliphatic hydroxyl groups is 1. The number of nitrogens with one attached hydrogen (secondary N) is 1. The van der Waals surface area contributed by atoms with Gasteiger partial charge in [0.2, 0.25) is 5.91 Å². The Kier molecular flexibility index (Phi) is 4.75. The predicted octanol–water partition coefficient (Wildman–Crippen LogP) is 2.58. The normalized spacial score (nSPS) is 10.4. The van der Waals surface area contributed by atoms with Gasteiger partial charge in [0.1, 0.15) is 0 Å². The van der Waals surface area contributed by atoms with Crippen molar-refractivity contribution in [3.63, 3.8) is 0 Å². The molecule has 100 valence electrons. The van der Waals surface area contributed by atoms with Crippen LogP contribution in [0.4, 0.5) is 5.69 Å². The van der Waals surface area contributed by atoms with E-state index in [1.165, 1.54) is 0 Å². The van der Waals surface area contributed by atoms with Gasteiger partial charge in [-0.2, -0.15) is 0 Å². The van der Waals surface area contributed by atoms with Gasteiger partial charge in [0.05, 0.1) is 0 Å². The SMILES string of the molecule is O=C(CCCCO)Nc1cccc(-n2cccc2)c1. The molecule has 0 aliphatic heterocycles. The third-order valence-corrected chi connectivity index (χ3v) is 2.84. The summed E-state index contributed by atoms with van der Waals surface area (Å²) >= 11 is 0. The molecule has 0 aliphatic carbocycles. The molecule has 4 nitrogen and oxygen atoms in total. The van der Waals surface area contributed by atoms with Gasteiger partial charge in [-0.15, -0.1) is 0 Å². The molecule has 1 aromatic carbocycles. The molecule has 19 heavy (non-hydrogen) atoms. The molecule has 2 rings (SSSR count). The van der Waals surface area contributed by atoms with Crippen molar-refractivity contribution in [1.82, 2.24) is 4.57 Å². The minimum atomic E-state index is -0.0156. The highest BCUT2D eigenvalue weighted by Crippen LogP contribution is 2.15. The van der Waals surface area contributed by atoms with Crippen LogP contribution in [-0.4, -0.2) is 22.2 Å². The van der Waals surface area contributed by atoms with Crippen LogP contribution in [0.15, 0.2) is 48.8 Å². The van der Waals surface area contributed by atoms with E-state index < -0.39 is 0 Å². The highest BCUT2D eigenvalue weighted by atomic mass is 16.2. The zero-order valence-corrected chi connectivity index (χ0v) is 10.7. The lowest BCUT2D eigenvalue weighted by Crippen LogP contribution is -2.11. The standard InChI is InChI=1S/C15H18N2O2/c18-11-4-1-8-15(19)16-13-6-5-7-14(12-13)17-9-2-3-10-17/h2-3,5-7,9-10,12,18H,1,4,8,11H2,(H,16,19). The number of benzene rings is 1. The molecule has 0 spiro atoms. The van der Waals surface area contributed by atoms with Gasteiger partial charge in [-0.1, -0.05) is 6.07 Å². The molecule has 1 aromatic heterocycles. The average Bonchev–Trinajstić information content (AvgIpc) is 2.93. The van der Waals surface area contributed by atoms with Gasteiger partial charge in [-0.3, -0.25) is 4.79 Å². The van der Waals surface area contributed by atoms with Crippen LogP contribution in [0.25, 0.3) is 5.69 Å². The molecule has 0 atom stereocenters. The number of unbranched alkanes of at least 4 members (excludes halogenated alkanes) is 1. The Hall–Kier alpha value is -2.07. The van der Waals surface area contributed by atoms with E-state index >= 15 is 0 Å². The van der Waals surface area contributed by atoms with Crippen molar-refractivity contribution >= 4 is 11.6 Å². The molecule has 0 saturated heterocycles. The van der Waals surface area contributed by atoms with Gasteiger partial charge >= 0.3 is 0 Å². The first kappa shape index (κ1) is 13.4. The van der Waals surface area contributed by atoms with Crippen LogP contribution in [0.3, 0.4) is 0 Å². The molecule has 0 radical (unpaired) electrons. The topological polar surface area (TPSA) is 54.3 Å². The zero-order valence-electron chi connectivity index (χ0n) is 10.7. The number of hydrogen-bond donors (Lipinski definition) is 2. The quantitative estimate of drug-likeness (QED) is 0.782. The molecule has 0 aliphatic rings. The van der Waals surface area contributed by atoms with Crippen LogP contribution in [0.1, 0.15) is 19.3 Å². The maximum absolute atomic E-state index is 11.7.